The number of rotatable bonds is 1. The van der Waals surface area contributed by atoms with Crippen molar-refractivity contribution in [3.05, 3.63) is 70.1 Å². The van der Waals surface area contributed by atoms with Crippen LogP contribution >= 0.6 is 0 Å². The van der Waals surface area contributed by atoms with Gasteiger partial charge in [-0.2, -0.15) is 0 Å². The molecular formula is C18H13NO4. The van der Waals surface area contributed by atoms with Crippen LogP contribution in [-0.2, 0) is 4.79 Å². The second-order valence-electron chi connectivity index (χ2n) is 5.57. The smallest absolute Gasteiger partial charge is 0.342 e. The van der Waals surface area contributed by atoms with Crippen LogP contribution in [-0.4, -0.2) is 11.0 Å². The molecule has 0 saturated heterocycles. The van der Waals surface area contributed by atoms with Crippen LogP contribution in [0.2, 0.25) is 0 Å². The first-order chi connectivity index (χ1) is 11.1. The average molecular weight is 307 g/mol. The molecule has 1 atom stereocenters. The number of nitrogens with one attached hydrogen (secondary N) is 1. The molecule has 0 aliphatic carbocycles. The predicted octanol–water partition coefficient (Wildman–Crippen LogP) is 2.97. The Morgan fingerprint density at radius 1 is 1.09 bits per heavy atom. The van der Waals surface area contributed by atoms with E-state index in [1.54, 1.807) is 36.4 Å². The first-order valence-corrected chi connectivity index (χ1v) is 7.28. The minimum atomic E-state index is -0.466. The van der Waals surface area contributed by atoms with Crippen molar-refractivity contribution >= 4 is 22.6 Å². The fourth-order valence-electron chi connectivity index (χ4n) is 3.12. The van der Waals surface area contributed by atoms with E-state index in [1.165, 1.54) is 0 Å². The van der Waals surface area contributed by atoms with Crippen LogP contribution in [0.3, 0.4) is 0 Å². The van der Waals surface area contributed by atoms with E-state index in [1.807, 2.05) is 12.1 Å². The Morgan fingerprint density at radius 3 is 2.74 bits per heavy atom. The Balaban J connectivity index is 2.02. The molecule has 2 N–H and O–H groups in total. The molecule has 1 aliphatic rings. The standard InChI is InChI=1S/C18H13NO4/c20-11-5-3-4-10(8-11)13-9-15(21)19-17-12-6-1-2-7-14(12)23-18(22)16(13)17/h1-8,13,20H,9H2,(H,19,21). The number of benzene rings is 2. The third-order valence-corrected chi connectivity index (χ3v) is 4.12. The van der Waals surface area contributed by atoms with E-state index in [0.717, 1.165) is 0 Å². The molecule has 1 aromatic heterocycles. The molecule has 0 fully saturated rings. The Bertz CT molecular complexity index is 990. The van der Waals surface area contributed by atoms with Crippen LogP contribution in [0, 0.1) is 0 Å². The summed E-state index contributed by atoms with van der Waals surface area (Å²) in [5.41, 5.74) is 1.61. The molecule has 4 rings (SSSR count). The fourth-order valence-corrected chi connectivity index (χ4v) is 3.12. The highest BCUT2D eigenvalue weighted by atomic mass is 16.4. The van der Waals surface area contributed by atoms with Gasteiger partial charge in [-0.1, -0.05) is 24.3 Å². The van der Waals surface area contributed by atoms with Crippen LogP contribution in [0.4, 0.5) is 5.69 Å². The average Bonchev–Trinajstić information content (AvgIpc) is 2.54. The molecule has 0 saturated carbocycles. The van der Waals surface area contributed by atoms with Crippen molar-refractivity contribution in [2.24, 2.45) is 0 Å². The molecule has 0 radical (unpaired) electrons. The molecule has 1 unspecified atom stereocenters. The van der Waals surface area contributed by atoms with Gasteiger partial charge in [0.25, 0.3) is 0 Å². The highest BCUT2D eigenvalue weighted by molar-refractivity contribution is 6.04. The van der Waals surface area contributed by atoms with Gasteiger partial charge in [0.05, 0.1) is 11.3 Å². The van der Waals surface area contributed by atoms with E-state index < -0.39 is 11.5 Å². The maximum atomic E-state index is 12.5. The molecule has 114 valence electrons. The number of anilines is 1. The van der Waals surface area contributed by atoms with Crippen molar-refractivity contribution in [1.29, 1.82) is 0 Å². The van der Waals surface area contributed by atoms with E-state index in [9.17, 15) is 14.7 Å². The molecular weight excluding hydrogens is 294 g/mol. The zero-order chi connectivity index (χ0) is 16.0. The Morgan fingerprint density at radius 2 is 1.91 bits per heavy atom. The number of amides is 1. The number of phenolic OH excluding ortho intramolecular Hbond substituents is 1. The van der Waals surface area contributed by atoms with Gasteiger partial charge in [0, 0.05) is 17.7 Å². The number of aromatic hydroxyl groups is 1. The van der Waals surface area contributed by atoms with E-state index in [0.29, 0.717) is 27.8 Å². The van der Waals surface area contributed by atoms with E-state index in [4.69, 9.17) is 4.42 Å². The highest BCUT2D eigenvalue weighted by Crippen LogP contribution is 2.39. The summed E-state index contributed by atoms with van der Waals surface area (Å²) in [5.74, 6) is -0.506. The van der Waals surface area contributed by atoms with Gasteiger partial charge < -0.3 is 14.8 Å². The monoisotopic (exact) mass is 307 g/mol. The number of carbonyl (C=O) groups is 1. The molecule has 0 bridgehead atoms. The van der Waals surface area contributed by atoms with E-state index >= 15 is 0 Å². The molecule has 5 heteroatoms. The first kappa shape index (κ1) is 13.6. The SMILES string of the molecule is O=C1CC(c2cccc(O)c2)c2c(c3ccccc3oc2=O)N1. The lowest BCUT2D eigenvalue weighted by atomic mass is 9.85. The second kappa shape index (κ2) is 4.98. The van der Waals surface area contributed by atoms with Gasteiger partial charge in [0.15, 0.2) is 0 Å². The van der Waals surface area contributed by atoms with Crippen molar-refractivity contribution in [3.63, 3.8) is 0 Å². The normalized spacial score (nSPS) is 16.9. The van der Waals surface area contributed by atoms with E-state index in [-0.39, 0.29) is 18.1 Å². The first-order valence-electron chi connectivity index (χ1n) is 7.28. The lowest BCUT2D eigenvalue weighted by Crippen LogP contribution is -2.28. The fraction of sp³-hybridized carbons (Fsp3) is 0.111. The van der Waals surface area contributed by atoms with E-state index in [2.05, 4.69) is 5.32 Å². The van der Waals surface area contributed by atoms with Crippen molar-refractivity contribution in [3.8, 4) is 5.75 Å². The summed E-state index contributed by atoms with van der Waals surface area (Å²) in [4.78, 5) is 24.6. The highest BCUT2D eigenvalue weighted by Gasteiger charge is 2.31. The van der Waals surface area contributed by atoms with Gasteiger partial charge in [-0.3, -0.25) is 4.79 Å². The molecule has 1 aliphatic heterocycles. The summed E-state index contributed by atoms with van der Waals surface area (Å²) < 4.78 is 5.41. The summed E-state index contributed by atoms with van der Waals surface area (Å²) >= 11 is 0. The van der Waals surface area contributed by atoms with Gasteiger partial charge in [-0.05, 0) is 29.8 Å². The second-order valence-corrected chi connectivity index (χ2v) is 5.57. The summed E-state index contributed by atoms with van der Waals surface area (Å²) in [6.07, 6.45) is 0.138. The zero-order valence-corrected chi connectivity index (χ0v) is 12.1. The number of hydrogen-bond donors (Lipinski definition) is 2. The molecule has 2 aromatic carbocycles. The van der Waals surface area contributed by atoms with Crippen LogP contribution in [0.1, 0.15) is 23.5 Å². The Labute approximate surface area is 131 Å². The number of para-hydroxylation sites is 1. The topological polar surface area (TPSA) is 79.5 Å². The zero-order valence-electron chi connectivity index (χ0n) is 12.1. The van der Waals surface area contributed by atoms with Crippen LogP contribution < -0.4 is 10.9 Å². The number of hydrogen-bond acceptors (Lipinski definition) is 4. The van der Waals surface area contributed by atoms with Gasteiger partial charge >= 0.3 is 5.63 Å². The summed E-state index contributed by atoms with van der Waals surface area (Å²) in [6, 6.07) is 13.7. The maximum Gasteiger partial charge on any atom is 0.342 e. The quantitative estimate of drug-likeness (QED) is 0.677. The van der Waals surface area contributed by atoms with Gasteiger partial charge in [0.2, 0.25) is 5.91 Å². The summed E-state index contributed by atoms with van der Waals surface area (Å²) in [7, 11) is 0. The van der Waals surface area contributed by atoms with Crippen molar-refractivity contribution in [2.45, 2.75) is 12.3 Å². The number of carbonyl (C=O) groups excluding carboxylic acids is 1. The predicted molar refractivity (Wildman–Crippen MR) is 85.7 cm³/mol. The van der Waals surface area contributed by atoms with Gasteiger partial charge in [-0.25, -0.2) is 4.79 Å². The minimum absolute atomic E-state index is 0.0974. The Kier molecular flexibility index (Phi) is 2.94. The molecule has 1 amide bonds. The number of fused-ring (bicyclic) bond motifs is 3. The molecule has 23 heavy (non-hydrogen) atoms. The lowest BCUT2D eigenvalue weighted by Gasteiger charge is -2.25. The third kappa shape index (κ3) is 2.17. The molecule has 2 heterocycles. The van der Waals surface area contributed by atoms with Crippen molar-refractivity contribution in [2.75, 3.05) is 5.32 Å². The largest absolute Gasteiger partial charge is 0.508 e. The summed E-state index contributed by atoms with van der Waals surface area (Å²) in [6.45, 7) is 0. The minimum Gasteiger partial charge on any atom is -0.508 e. The van der Waals surface area contributed by atoms with Gasteiger partial charge in [-0.15, -0.1) is 0 Å². The maximum absolute atomic E-state index is 12.5. The molecule has 5 nitrogen and oxygen atoms in total. The van der Waals surface area contributed by atoms with Gasteiger partial charge in [0.1, 0.15) is 11.3 Å². The van der Waals surface area contributed by atoms with Crippen LogP contribution in [0.25, 0.3) is 11.0 Å². The molecule has 3 aromatic rings. The molecule has 0 spiro atoms. The van der Waals surface area contributed by atoms with Crippen LogP contribution in [0.15, 0.2) is 57.7 Å². The van der Waals surface area contributed by atoms with Crippen LogP contribution in [0.5, 0.6) is 5.75 Å². The third-order valence-electron chi connectivity index (χ3n) is 4.12. The lowest BCUT2D eigenvalue weighted by molar-refractivity contribution is -0.116. The van der Waals surface area contributed by atoms with Crippen molar-refractivity contribution < 1.29 is 14.3 Å². The number of phenols is 1. The Hall–Kier alpha value is -3.08. The van der Waals surface area contributed by atoms with Crippen molar-refractivity contribution in [1.82, 2.24) is 0 Å². The summed E-state index contributed by atoms with van der Waals surface area (Å²) in [5, 5.41) is 13.2.